The highest BCUT2D eigenvalue weighted by Gasteiger charge is 2.11. The minimum atomic E-state index is -0.414. The van der Waals surface area contributed by atoms with Crippen LogP contribution in [0.25, 0.3) is 0 Å². The van der Waals surface area contributed by atoms with Gasteiger partial charge in [-0.3, -0.25) is 4.79 Å². The molecule has 1 aromatic heterocycles. The molecule has 0 radical (unpaired) electrons. The van der Waals surface area contributed by atoms with E-state index in [1.807, 2.05) is 6.92 Å². The van der Waals surface area contributed by atoms with Crippen molar-refractivity contribution in [2.45, 2.75) is 13.2 Å². The Kier molecular flexibility index (Phi) is 4.67. The molecule has 0 saturated heterocycles. The van der Waals surface area contributed by atoms with E-state index in [9.17, 15) is 4.79 Å². The zero-order chi connectivity index (χ0) is 11.3. The van der Waals surface area contributed by atoms with Gasteiger partial charge in [0.15, 0.2) is 6.29 Å². The van der Waals surface area contributed by atoms with Gasteiger partial charge in [0.1, 0.15) is 4.88 Å². The maximum Gasteiger partial charge on any atom is 0.263 e. The number of nitrogens with zero attached hydrogens (tertiary/aromatic N) is 1. The average molecular weight is 230 g/mol. The second-order valence-corrected chi connectivity index (χ2v) is 4.09. The molecule has 1 N–H and O–H groups in total. The van der Waals surface area contributed by atoms with E-state index in [-0.39, 0.29) is 5.91 Å². The molecule has 0 aromatic carbocycles. The van der Waals surface area contributed by atoms with Crippen molar-refractivity contribution in [3.63, 3.8) is 0 Å². The van der Waals surface area contributed by atoms with Crippen molar-refractivity contribution in [3.05, 3.63) is 16.1 Å². The Morgan fingerprint density at radius 3 is 2.73 bits per heavy atom. The molecule has 0 aliphatic carbocycles. The molecule has 15 heavy (non-hydrogen) atoms. The molecule has 0 aliphatic heterocycles. The first-order chi connectivity index (χ1) is 7.17. The van der Waals surface area contributed by atoms with Crippen LogP contribution in [0.2, 0.25) is 0 Å². The van der Waals surface area contributed by atoms with Gasteiger partial charge < -0.3 is 14.8 Å². The summed E-state index contributed by atoms with van der Waals surface area (Å²) in [5, 5.41) is 3.57. The predicted molar refractivity (Wildman–Crippen MR) is 57.0 cm³/mol. The fourth-order valence-corrected chi connectivity index (χ4v) is 1.69. The fourth-order valence-electron chi connectivity index (χ4n) is 0.992. The summed E-state index contributed by atoms with van der Waals surface area (Å²) < 4.78 is 9.88. The van der Waals surface area contributed by atoms with Crippen molar-refractivity contribution in [1.82, 2.24) is 10.3 Å². The van der Waals surface area contributed by atoms with E-state index in [0.29, 0.717) is 11.4 Å². The van der Waals surface area contributed by atoms with Gasteiger partial charge >= 0.3 is 0 Å². The fraction of sp³-hybridized carbons (Fsp3) is 0.556. The normalized spacial score (nSPS) is 10.7. The van der Waals surface area contributed by atoms with Crippen LogP contribution in [0.4, 0.5) is 0 Å². The highest BCUT2D eigenvalue weighted by molar-refractivity contribution is 7.13. The summed E-state index contributed by atoms with van der Waals surface area (Å²) in [7, 11) is 3.05. The van der Waals surface area contributed by atoms with Gasteiger partial charge in [-0.05, 0) is 6.92 Å². The molecule has 1 heterocycles. The number of thiazole rings is 1. The molecule has 0 bridgehead atoms. The number of hydrogen-bond donors (Lipinski definition) is 1. The number of nitrogens with one attached hydrogen (secondary N) is 1. The third kappa shape index (κ3) is 3.58. The Hall–Kier alpha value is -0.980. The van der Waals surface area contributed by atoms with Crippen molar-refractivity contribution in [3.8, 4) is 0 Å². The number of methoxy groups -OCH3 is 2. The van der Waals surface area contributed by atoms with Gasteiger partial charge in [-0.2, -0.15) is 0 Å². The first-order valence-corrected chi connectivity index (χ1v) is 5.25. The smallest absolute Gasteiger partial charge is 0.263 e. The largest absolute Gasteiger partial charge is 0.354 e. The zero-order valence-corrected chi connectivity index (χ0v) is 9.76. The monoisotopic (exact) mass is 230 g/mol. The maximum atomic E-state index is 11.5. The number of aryl methyl sites for hydroxylation is 1. The molecular weight excluding hydrogens is 216 g/mol. The minimum Gasteiger partial charge on any atom is -0.354 e. The molecule has 0 fully saturated rings. The van der Waals surface area contributed by atoms with Crippen LogP contribution in [0.1, 0.15) is 14.7 Å². The van der Waals surface area contributed by atoms with E-state index in [0.717, 1.165) is 5.01 Å². The van der Waals surface area contributed by atoms with Gasteiger partial charge in [0.2, 0.25) is 0 Å². The Bertz CT molecular complexity index is 323. The molecular formula is C9H14N2O3S. The Morgan fingerprint density at radius 2 is 2.27 bits per heavy atom. The molecule has 0 atom stereocenters. The number of carbonyl (C=O) groups is 1. The van der Waals surface area contributed by atoms with Crippen LogP contribution < -0.4 is 5.32 Å². The summed E-state index contributed by atoms with van der Waals surface area (Å²) in [6.07, 6.45) is 1.15. The van der Waals surface area contributed by atoms with Crippen molar-refractivity contribution >= 4 is 17.2 Å². The maximum absolute atomic E-state index is 11.5. The molecule has 1 rings (SSSR count). The third-order valence-electron chi connectivity index (χ3n) is 1.80. The van der Waals surface area contributed by atoms with E-state index in [1.54, 1.807) is 6.20 Å². The van der Waals surface area contributed by atoms with Crippen molar-refractivity contribution in [2.24, 2.45) is 0 Å². The highest BCUT2D eigenvalue weighted by Crippen LogP contribution is 2.10. The summed E-state index contributed by atoms with van der Waals surface area (Å²) in [6.45, 7) is 2.18. The molecule has 5 nitrogen and oxygen atoms in total. The van der Waals surface area contributed by atoms with Crippen LogP contribution in [-0.2, 0) is 9.47 Å². The van der Waals surface area contributed by atoms with Gasteiger partial charge in [-0.15, -0.1) is 11.3 Å². The van der Waals surface area contributed by atoms with Gasteiger partial charge in [-0.25, -0.2) is 4.98 Å². The molecule has 1 aromatic rings. The Labute approximate surface area is 92.4 Å². The summed E-state index contributed by atoms with van der Waals surface area (Å²) >= 11 is 1.36. The molecule has 1 amide bonds. The van der Waals surface area contributed by atoms with Crippen molar-refractivity contribution in [2.75, 3.05) is 20.8 Å². The van der Waals surface area contributed by atoms with Gasteiger partial charge in [0.25, 0.3) is 5.91 Å². The molecule has 0 aliphatic rings. The van der Waals surface area contributed by atoms with Crippen LogP contribution in [0.15, 0.2) is 6.20 Å². The first-order valence-electron chi connectivity index (χ1n) is 4.43. The quantitative estimate of drug-likeness (QED) is 0.760. The van der Waals surface area contributed by atoms with E-state index in [2.05, 4.69) is 10.3 Å². The standard InChI is InChI=1S/C9H14N2O3S/c1-6-10-4-7(15-6)9(12)11-5-8(13-2)14-3/h4,8H,5H2,1-3H3,(H,11,12). The van der Waals surface area contributed by atoms with Crippen molar-refractivity contribution in [1.29, 1.82) is 0 Å². The predicted octanol–water partition coefficient (Wildman–Crippen LogP) is 0.800. The second kappa shape index (κ2) is 5.79. The lowest BCUT2D eigenvalue weighted by molar-refractivity contribution is -0.0974. The lowest BCUT2D eigenvalue weighted by atomic mass is 10.5. The Morgan fingerprint density at radius 1 is 1.60 bits per heavy atom. The average Bonchev–Trinajstić information content (AvgIpc) is 2.66. The molecule has 84 valence electrons. The van der Waals surface area contributed by atoms with Gasteiger partial charge in [0, 0.05) is 14.2 Å². The van der Waals surface area contributed by atoms with E-state index < -0.39 is 6.29 Å². The van der Waals surface area contributed by atoms with Crippen molar-refractivity contribution < 1.29 is 14.3 Å². The molecule has 0 spiro atoms. The number of rotatable bonds is 5. The van der Waals surface area contributed by atoms with Crippen LogP contribution in [0, 0.1) is 6.92 Å². The summed E-state index contributed by atoms with van der Waals surface area (Å²) in [5.74, 6) is -0.153. The van der Waals surface area contributed by atoms with Crippen LogP contribution in [0.3, 0.4) is 0 Å². The number of ether oxygens (including phenoxy) is 2. The van der Waals surface area contributed by atoms with E-state index in [1.165, 1.54) is 25.6 Å². The zero-order valence-electron chi connectivity index (χ0n) is 8.94. The molecule has 0 unspecified atom stereocenters. The SMILES string of the molecule is COC(CNC(=O)c1cnc(C)s1)OC. The minimum absolute atomic E-state index is 0.153. The summed E-state index contributed by atoms with van der Waals surface area (Å²) in [6, 6.07) is 0. The number of carbonyl (C=O) groups excluding carboxylic acids is 1. The van der Waals surface area contributed by atoms with E-state index in [4.69, 9.17) is 9.47 Å². The summed E-state index contributed by atoms with van der Waals surface area (Å²) in [4.78, 5) is 16.1. The first kappa shape index (κ1) is 12.1. The number of aromatic nitrogens is 1. The second-order valence-electron chi connectivity index (χ2n) is 2.85. The summed E-state index contributed by atoms with van der Waals surface area (Å²) in [5.41, 5.74) is 0. The van der Waals surface area contributed by atoms with Crippen LogP contribution in [0.5, 0.6) is 0 Å². The molecule has 6 heteroatoms. The highest BCUT2D eigenvalue weighted by atomic mass is 32.1. The van der Waals surface area contributed by atoms with Gasteiger partial charge in [-0.1, -0.05) is 0 Å². The topological polar surface area (TPSA) is 60.5 Å². The number of amides is 1. The molecule has 0 saturated carbocycles. The van der Waals surface area contributed by atoms with Crippen LogP contribution >= 0.6 is 11.3 Å². The Balaban J connectivity index is 2.42. The van der Waals surface area contributed by atoms with Gasteiger partial charge in [0.05, 0.1) is 17.7 Å². The third-order valence-corrected chi connectivity index (χ3v) is 2.71. The number of hydrogen-bond acceptors (Lipinski definition) is 5. The van der Waals surface area contributed by atoms with E-state index >= 15 is 0 Å². The lowest BCUT2D eigenvalue weighted by Gasteiger charge is -2.13. The lowest BCUT2D eigenvalue weighted by Crippen LogP contribution is -2.33. The van der Waals surface area contributed by atoms with Crippen LogP contribution in [-0.4, -0.2) is 37.9 Å².